The Balaban J connectivity index is 0.000000224. The van der Waals surface area contributed by atoms with Crippen LogP contribution in [0.25, 0.3) is 11.1 Å². The van der Waals surface area contributed by atoms with Crippen molar-refractivity contribution in [2.24, 2.45) is 0 Å². The van der Waals surface area contributed by atoms with Gasteiger partial charge in [0.15, 0.2) is 0 Å². The van der Waals surface area contributed by atoms with Gasteiger partial charge in [-0.05, 0) is 38.5 Å². The van der Waals surface area contributed by atoms with Gasteiger partial charge in [0, 0.05) is 16.2 Å². The molecule has 19 heavy (non-hydrogen) atoms. The van der Waals surface area contributed by atoms with Crippen LogP contribution in [0.15, 0.2) is 41.1 Å². The molecule has 0 aliphatic rings. The number of hydrogen-bond acceptors (Lipinski definition) is 3. The topological polar surface area (TPSA) is 55.0 Å². The summed E-state index contributed by atoms with van der Waals surface area (Å²) in [6.45, 7) is 5.92. The third-order valence-electron chi connectivity index (χ3n) is 2.06. The predicted octanol–water partition coefficient (Wildman–Crippen LogP) is 3.80. The SMILES string of the molecule is Brc1cccc(-c2cn[nH]c2)c1.CC(C)(C)OC=O. The van der Waals surface area contributed by atoms with Crippen LogP contribution in [0.4, 0.5) is 0 Å². The Morgan fingerprint density at radius 1 is 1.32 bits per heavy atom. The Bertz CT molecular complexity index is 504. The molecule has 1 aromatic heterocycles. The van der Waals surface area contributed by atoms with Crippen molar-refractivity contribution in [3.05, 3.63) is 41.1 Å². The Labute approximate surface area is 121 Å². The van der Waals surface area contributed by atoms with E-state index in [9.17, 15) is 4.79 Å². The van der Waals surface area contributed by atoms with E-state index in [4.69, 9.17) is 0 Å². The summed E-state index contributed by atoms with van der Waals surface area (Å²) >= 11 is 3.42. The molecule has 2 rings (SSSR count). The molecule has 4 nitrogen and oxygen atoms in total. The number of carbonyl (C=O) groups excluding carboxylic acids is 1. The molecule has 5 heteroatoms. The van der Waals surface area contributed by atoms with Gasteiger partial charge in [0.2, 0.25) is 0 Å². The summed E-state index contributed by atoms with van der Waals surface area (Å²) in [6.07, 6.45) is 3.68. The van der Waals surface area contributed by atoms with Crippen LogP contribution < -0.4 is 0 Å². The van der Waals surface area contributed by atoms with Gasteiger partial charge in [-0.3, -0.25) is 9.89 Å². The number of benzene rings is 1. The van der Waals surface area contributed by atoms with E-state index in [1.165, 1.54) is 0 Å². The highest BCUT2D eigenvalue weighted by Gasteiger charge is 2.07. The minimum Gasteiger partial charge on any atom is -0.462 e. The number of ether oxygens (including phenoxy) is 1. The number of hydrogen-bond donors (Lipinski definition) is 1. The molecule has 0 amide bonds. The first-order valence-electron chi connectivity index (χ1n) is 5.78. The molecular formula is C14H17BrN2O2. The summed E-state index contributed by atoms with van der Waals surface area (Å²) in [4.78, 5) is 9.60. The van der Waals surface area contributed by atoms with E-state index in [1.54, 1.807) is 0 Å². The number of aromatic nitrogens is 2. The number of nitrogens with one attached hydrogen (secondary N) is 1. The Hall–Kier alpha value is -1.62. The fourth-order valence-electron chi connectivity index (χ4n) is 1.22. The third kappa shape index (κ3) is 6.20. The summed E-state index contributed by atoms with van der Waals surface area (Å²) in [5.74, 6) is 0. The predicted molar refractivity (Wildman–Crippen MR) is 78.6 cm³/mol. The Morgan fingerprint density at radius 2 is 2.05 bits per heavy atom. The van der Waals surface area contributed by atoms with E-state index in [1.807, 2.05) is 45.3 Å². The summed E-state index contributed by atoms with van der Waals surface area (Å²) < 4.78 is 5.63. The third-order valence-corrected chi connectivity index (χ3v) is 2.55. The smallest absolute Gasteiger partial charge is 0.293 e. The van der Waals surface area contributed by atoms with Crippen LogP contribution in [0.1, 0.15) is 20.8 Å². The molecular weight excluding hydrogens is 308 g/mol. The van der Waals surface area contributed by atoms with Crippen LogP contribution in [0, 0.1) is 0 Å². The van der Waals surface area contributed by atoms with Gasteiger partial charge in [0.1, 0.15) is 5.60 Å². The quantitative estimate of drug-likeness (QED) is 0.855. The van der Waals surface area contributed by atoms with E-state index in [2.05, 4.69) is 43.0 Å². The average Bonchev–Trinajstić information content (AvgIpc) is 2.81. The zero-order valence-corrected chi connectivity index (χ0v) is 12.8. The monoisotopic (exact) mass is 324 g/mol. The molecule has 2 aromatic rings. The van der Waals surface area contributed by atoms with Gasteiger partial charge < -0.3 is 4.74 Å². The summed E-state index contributed by atoms with van der Waals surface area (Å²) in [5.41, 5.74) is 1.95. The Morgan fingerprint density at radius 3 is 2.47 bits per heavy atom. The summed E-state index contributed by atoms with van der Waals surface area (Å²) in [6, 6.07) is 8.12. The fourth-order valence-corrected chi connectivity index (χ4v) is 1.62. The van der Waals surface area contributed by atoms with Crippen molar-refractivity contribution >= 4 is 22.4 Å². The zero-order chi connectivity index (χ0) is 14.3. The van der Waals surface area contributed by atoms with Crippen molar-refractivity contribution in [1.29, 1.82) is 0 Å². The maximum absolute atomic E-state index is 9.60. The lowest BCUT2D eigenvalue weighted by molar-refractivity contribution is -0.138. The lowest BCUT2D eigenvalue weighted by Gasteiger charge is -2.14. The molecule has 1 heterocycles. The van der Waals surface area contributed by atoms with E-state index < -0.39 is 0 Å². The maximum atomic E-state index is 9.60. The van der Waals surface area contributed by atoms with E-state index in [-0.39, 0.29) is 5.60 Å². The first-order valence-corrected chi connectivity index (χ1v) is 6.58. The number of carbonyl (C=O) groups is 1. The second-order valence-corrected chi connectivity index (χ2v) is 5.74. The molecule has 1 aromatic carbocycles. The first kappa shape index (κ1) is 15.4. The molecule has 0 saturated heterocycles. The van der Waals surface area contributed by atoms with Gasteiger partial charge in [-0.15, -0.1) is 0 Å². The second kappa shape index (κ2) is 7.09. The zero-order valence-electron chi connectivity index (χ0n) is 11.2. The number of aromatic amines is 1. The van der Waals surface area contributed by atoms with Crippen LogP contribution in [-0.4, -0.2) is 22.3 Å². The first-order chi connectivity index (χ1) is 8.92. The molecule has 0 saturated carbocycles. The second-order valence-electron chi connectivity index (χ2n) is 4.82. The average molecular weight is 325 g/mol. The largest absolute Gasteiger partial charge is 0.462 e. The molecule has 0 aliphatic heterocycles. The van der Waals surface area contributed by atoms with Crippen LogP contribution in [0.3, 0.4) is 0 Å². The van der Waals surface area contributed by atoms with Crippen molar-refractivity contribution < 1.29 is 9.53 Å². The van der Waals surface area contributed by atoms with Crippen LogP contribution in [-0.2, 0) is 9.53 Å². The highest BCUT2D eigenvalue weighted by Crippen LogP contribution is 2.21. The van der Waals surface area contributed by atoms with E-state index in [0.29, 0.717) is 6.47 Å². The molecule has 0 bridgehead atoms. The fraction of sp³-hybridized carbons (Fsp3) is 0.286. The molecule has 0 unspecified atom stereocenters. The van der Waals surface area contributed by atoms with Crippen molar-refractivity contribution in [3.8, 4) is 11.1 Å². The van der Waals surface area contributed by atoms with Crippen LogP contribution in [0.5, 0.6) is 0 Å². The van der Waals surface area contributed by atoms with E-state index >= 15 is 0 Å². The number of nitrogens with zero attached hydrogens (tertiary/aromatic N) is 1. The van der Waals surface area contributed by atoms with E-state index in [0.717, 1.165) is 15.6 Å². The number of halogens is 1. The highest BCUT2D eigenvalue weighted by molar-refractivity contribution is 9.10. The molecule has 102 valence electrons. The van der Waals surface area contributed by atoms with Gasteiger partial charge in [0.05, 0.1) is 6.20 Å². The van der Waals surface area contributed by atoms with Crippen LogP contribution >= 0.6 is 15.9 Å². The van der Waals surface area contributed by atoms with Gasteiger partial charge in [-0.1, -0.05) is 28.1 Å². The minimum absolute atomic E-state index is 0.318. The van der Waals surface area contributed by atoms with Crippen LogP contribution in [0.2, 0.25) is 0 Å². The van der Waals surface area contributed by atoms with Crippen molar-refractivity contribution in [2.45, 2.75) is 26.4 Å². The maximum Gasteiger partial charge on any atom is 0.293 e. The summed E-state index contributed by atoms with van der Waals surface area (Å²) in [5, 5.41) is 6.67. The molecule has 0 aliphatic carbocycles. The van der Waals surface area contributed by atoms with Crippen molar-refractivity contribution in [1.82, 2.24) is 10.2 Å². The minimum atomic E-state index is -0.318. The van der Waals surface area contributed by atoms with Gasteiger partial charge >= 0.3 is 0 Å². The standard InChI is InChI=1S/C9H7BrN2.C5H10O2/c10-9-3-1-2-7(4-9)8-5-11-12-6-8;1-5(2,3)7-4-6/h1-6H,(H,11,12);4H,1-3H3. The highest BCUT2D eigenvalue weighted by atomic mass is 79.9. The molecule has 0 radical (unpaired) electrons. The van der Waals surface area contributed by atoms with Gasteiger partial charge in [0.25, 0.3) is 6.47 Å². The Kier molecular flexibility index (Phi) is 5.76. The number of rotatable bonds is 2. The van der Waals surface area contributed by atoms with Gasteiger partial charge in [-0.25, -0.2) is 0 Å². The normalized spacial score (nSPS) is 10.3. The summed E-state index contributed by atoms with van der Waals surface area (Å²) in [7, 11) is 0. The number of H-pyrrole nitrogens is 1. The van der Waals surface area contributed by atoms with Crippen molar-refractivity contribution in [3.63, 3.8) is 0 Å². The lowest BCUT2D eigenvalue weighted by atomic mass is 10.1. The molecule has 1 N–H and O–H groups in total. The molecule has 0 atom stereocenters. The lowest BCUT2D eigenvalue weighted by Crippen LogP contribution is -2.17. The molecule has 0 spiro atoms. The molecule has 0 fully saturated rings. The van der Waals surface area contributed by atoms with Gasteiger partial charge in [-0.2, -0.15) is 5.10 Å². The van der Waals surface area contributed by atoms with Crippen molar-refractivity contribution in [2.75, 3.05) is 0 Å².